The van der Waals surface area contributed by atoms with Crippen molar-refractivity contribution in [2.75, 3.05) is 7.11 Å². The molecule has 0 saturated carbocycles. The molecule has 0 radical (unpaired) electrons. The normalized spacial score (nSPS) is 18.3. The molecule has 1 heterocycles. The lowest BCUT2D eigenvalue weighted by Crippen LogP contribution is -2.18. The fourth-order valence-electron chi connectivity index (χ4n) is 3.46. The highest BCUT2D eigenvalue weighted by Crippen LogP contribution is 2.41. The van der Waals surface area contributed by atoms with Crippen molar-refractivity contribution >= 4 is 16.9 Å². The Labute approximate surface area is 151 Å². The number of hydrogen-bond donors (Lipinski definition) is 1. The highest BCUT2D eigenvalue weighted by atomic mass is 16.5. The molecule has 0 saturated heterocycles. The van der Waals surface area contributed by atoms with E-state index >= 15 is 0 Å². The van der Waals surface area contributed by atoms with Crippen molar-refractivity contribution in [3.63, 3.8) is 0 Å². The molecule has 5 heteroatoms. The minimum Gasteiger partial charge on any atom is -0.545 e. The first-order valence-corrected chi connectivity index (χ1v) is 8.55. The van der Waals surface area contributed by atoms with E-state index in [2.05, 4.69) is 6.08 Å². The number of aryl methyl sites for hydroxylation is 1. The maximum atomic E-state index is 10.6. The second-order valence-electron chi connectivity index (χ2n) is 6.43. The number of benzene rings is 1. The van der Waals surface area contributed by atoms with Gasteiger partial charge in [0.05, 0.1) is 13.1 Å². The lowest BCUT2D eigenvalue weighted by Gasteiger charge is -2.19. The van der Waals surface area contributed by atoms with Crippen LogP contribution in [0.1, 0.15) is 37.0 Å². The largest absolute Gasteiger partial charge is 0.545 e. The van der Waals surface area contributed by atoms with E-state index < -0.39 is 5.97 Å². The van der Waals surface area contributed by atoms with Gasteiger partial charge in [-0.25, -0.2) is 0 Å². The van der Waals surface area contributed by atoms with Crippen molar-refractivity contribution in [1.82, 2.24) is 0 Å². The number of methoxy groups -OCH3 is 1. The molecule has 1 aromatic heterocycles. The quantitative estimate of drug-likeness (QED) is 0.506. The van der Waals surface area contributed by atoms with Gasteiger partial charge in [-0.3, -0.25) is 0 Å². The summed E-state index contributed by atoms with van der Waals surface area (Å²) in [4.78, 5) is 10.6. The molecule has 0 bridgehead atoms. The summed E-state index contributed by atoms with van der Waals surface area (Å²) in [7, 11) is 1.49. The number of ether oxygens (including phenoxy) is 1. The summed E-state index contributed by atoms with van der Waals surface area (Å²) in [5.41, 5.74) is 2.87. The zero-order valence-corrected chi connectivity index (χ0v) is 14.8. The Morgan fingerprint density at radius 3 is 2.92 bits per heavy atom. The van der Waals surface area contributed by atoms with Crippen LogP contribution in [0, 0.1) is 0 Å². The average molecular weight is 353 g/mol. The summed E-state index contributed by atoms with van der Waals surface area (Å²) in [5, 5.41) is 21.3. The van der Waals surface area contributed by atoms with Gasteiger partial charge in [-0.05, 0) is 56.2 Å². The number of fused-ring (bicyclic) bond motifs is 3. The Hall–Kier alpha value is -2.95. The van der Waals surface area contributed by atoms with Crippen LogP contribution in [0.15, 0.2) is 58.3 Å². The van der Waals surface area contributed by atoms with Gasteiger partial charge in [-0.1, -0.05) is 11.6 Å². The fourth-order valence-corrected chi connectivity index (χ4v) is 3.46. The van der Waals surface area contributed by atoms with E-state index in [1.807, 2.05) is 6.92 Å². The molecule has 0 amide bonds. The van der Waals surface area contributed by atoms with Crippen molar-refractivity contribution < 1.29 is 24.2 Å². The zero-order chi connectivity index (χ0) is 18.7. The zero-order valence-electron chi connectivity index (χ0n) is 14.8. The third-order valence-electron chi connectivity index (χ3n) is 4.53. The van der Waals surface area contributed by atoms with E-state index in [0.717, 1.165) is 53.2 Å². The van der Waals surface area contributed by atoms with Crippen LogP contribution < -0.4 is 5.11 Å². The fraction of sp³-hybridized carbons (Fsp3) is 0.286. The van der Waals surface area contributed by atoms with Crippen LogP contribution in [0.2, 0.25) is 0 Å². The SMILES string of the molecule is COC(=C\C(C)=C\C1CCCc2oc3ccc(O)cc3c21)/C=C/C(=O)[O-]. The van der Waals surface area contributed by atoms with Crippen LogP contribution in [-0.4, -0.2) is 18.2 Å². The molecular formula is C21H21O5-. The maximum absolute atomic E-state index is 10.6. The van der Waals surface area contributed by atoms with Crippen LogP contribution in [0.25, 0.3) is 11.0 Å². The monoisotopic (exact) mass is 353 g/mol. The summed E-state index contributed by atoms with van der Waals surface area (Å²) in [6, 6.07) is 5.17. The van der Waals surface area contributed by atoms with Crippen molar-refractivity contribution in [3.8, 4) is 5.75 Å². The maximum Gasteiger partial charge on any atom is 0.134 e. The number of carbonyl (C=O) groups excluding carboxylic acids is 1. The molecule has 1 aromatic carbocycles. The first kappa shape index (κ1) is 17.9. The van der Waals surface area contributed by atoms with E-state index in [4.69, 9.17) is 9.15 Å². The van der Waals surface area contributed by atoms with Gasteiger partial charge < -0.3 is 24.2 Å². The highest BCUT2D eigenvalue weighted by Gasteiger charge is 2.25. The Morgan fingerprint density at radius 1 is 1.38 bits per heavy atom. The topological polar surface area (TPSA) is 82.7 Å². The van der Waals surface area contributed by atoms with Gasteiger partial charge in [0.15, 0.2) is 0 Å². The summed E-state index contributed by atoms with van der Waals surface area (Å²) >= 11 is 0. The molecule has 0 fully saturated rings. The van der Waals surface area contributed by atoms with E-state index in [1.54, 1.807) is 24.3 Å². The molecule has 1 unspecified atom stereocenters. The van der Waals surface area contributed by atoms with Crippen molar-refractivity contribution in [2.45, 2.75) is 32.1 Å². The minimum absolute atomic E-state index is 0.168. The predicted molar refractivity (Wildman–Crippen MR) is 96.6 cm³/mol. The molecule has 136 valence electrons. The number of phenols is 1. The number of carboxylic acids is 1. The first-order valence-electron chi connectivity index (χ1n) is 8.55. The Balaban J connectivity index is 1.96. The van der Waals surface area contributed by atoms with Crippen molar-refractivity contribution in [1.29, 1.82) is 0 Å². The third-order valence-corrected chi connectivity index (χ3v) is 4.53. The van der Waals surface area contributed by atoms with Gasteiger partial charge in [0.2, 0.25) is 0 Å². The van der Waals surface area contributed by atoms with E-state index in [9.17, 15) is 15.0 Å². The Bertz CT molecular complexity index is 914. The van der Waals surface area contributed by atoms with Crippen LogP contribution in [-0.2, 0) is 16.0 Å². The number of carbonyl (C=O) groups is 1. The molecule has 5 nitrogen and oxygen atoms in total. The van der Waals surface area contributed by atoms with Gasteiger partial charge in [0, 0.05) is 23.3 Å². The van der Waals surface area contributed by atoms with Gasteiger partial charge in [-0.15, -0.1) is 0 Å². The summed E-state index contributed by atoms with van der Waals surface area (Å²) in [6.45, 7) is 1.94. The molecule has 26 heavy (non-hydrogen) atoms. The number of aliphatic carboxylic acids is 1. The number of aromatic hydroxyl groups is 1. The number of phenolic OH excluding ortho intramolecular Hbond substituents is 1. The van der Waals surface area contributed by atoms with Gasteiger partial charge in [0.25, 0.3) is 0 Å². The molecule has 0 spiro atoms. The minimum atomic E-state index is -1.27. The lowest BCUT2D eigenvalue weighted by molar-refractivity contribution is -0.297. The van der Waals surface area contributed by atoms with E-state index in [-0.39, 0.29) is 11.7 Å². The molecule has 1 aliphatic rings. The number of rotatable bonds is 5. The summed E-state index contributed by atoms with van der Waals surface area (Å²) < 4.78 is 11.2. The second-order valence-corrected chi connectivity index (χ2v) is 6.43. The molecular weight excluding hydrogens is 332 g/mol. The summed E-state index contributed by atoms with van der Waals surface area (Å²) in [5.74, 6) is 0.532. The molecule has 0 aliphatic heterocycles. The standard InChI is InChI=1S/C21H22O5/c1-13(11-16(25-2)7-9-20(23)24)10-14-4-3-5-19-21(14)17-12-15(22)6-8-18(17)26-19/h6-12,14,22H,3-5H2,1-2H3,(H,23,24)/p-1/b9-7+,13-10+,16-11-. The third kappa shape index (κ3) is 3.82. The van der Waals surface area contributed by atoms with E-state index in [0.29, 0.717) is 5.76 Å². The van der Waals surface area contributed by atoms with Gasteiger partial charge >= 0.3 is 0 Å². The molecule has 1 aliphatic carbocycles. The number of hydrogen-bond acceptors (Lipinski definition) is 5. The highest BCUT2D eigenvalue weighted by molar-refractivity contribution is 5.85. The van der Waals surface area contributed by atoms with Crippen LogP contribution in [0.5, 0.6) is 5.75 Å². The molecule has 1 atom stereocenters. The van der Waals surface area contributed by atoms with Crippen LogP contribution in [0.4, 0.5) is 0 Å². The molecule has 1 N–H and O–H groups in total. The Morgan fingerprint density at radius 2 is 2.19 bits per heavy atom. The van der Waals surface area contributed by atoms with Crippen molar-refractivity contribution in [2.24, 2.45) is 0 Å². The predicted octanol–water partition coefficient (Wildman–Crippen LogP) is 3.34. The number of allylic oxidation sites excluding steroid dienone is 4. The van der Waals surface area contributed by atoms with Crippen LogP contribution >= 0.6 is 0 Å². The molecule has 2 aromatic rings. The lowest BCUT2D eigenvalue weighted by atomic mass is 9.84. The van der Waals surface area contributed by atoms with E-state index in [1.165, 1.54) is 13.2 Å². The number of furan rings is 1. The summed E-state index contributed by atoms with van der Waals surface area (Å²) in [6.07, 6.45) is 9.12. The Kier molecular flexibility index (Phi) is 5.16. The molecule has 3 rings (SSSR count). The van der Waals surface area contributed by atoms with Crippen LogP contribution in [0.3, 0.4) is 0 Å². The number of carboxylic acid groups (broad SMARTS) is 1. The average Bonchev–Trinajstić information content (AvgIpc) is 2.97. The van der Waals surface area contributed by atoms with Gasteiger partial charge in [0.1, 0.15) is 22.9 Å². The van der Waals surface area contributed by atoms with Gasteiger partial charge in [-0.2, -0.15) is 0 Å². The first-order chi connectivity index (χ1) is 12.5. The van der Waals surface area contributed by atoms with Crippen molar-refractivity contribution in [3.05, 3.63) is 65.2 Å². The second kappa shape index (κ2) is 7.52. The smallest absolute Gasteiger partial charge is 0.134 e.